The number of nitrogens with zero attached hydrogens (tertiary/aromatic N) is 1. The Bertz CT molecular complexity index is 500. The van der Waals surface area contributed by atoms with Gasteiger partial charge in [0.2, 0.25) is 0 Å². The summed E-state index contributed by atoms with van der Waals surface area (Å²) in [5, 5.41) is 2.54. The van der Waals surface area contributed by atoms with Crippen LogP contribution >= 0.6 is 0 Å². The van der Waals surface area contributed by atoms with E-state index in [0.29, 0.717) is 12.4 Å². The van der Waals surface area contributed by atoms with Crippen LogP contribution < -0.4 is 10.8 Å². The van der Waals surface area contributed by atoms with E-state index in [9.17, 15) is 4.79 Å². The highest BCUT2D eigenvalue weighted by Crippen LogP contribution is 2.36. The summed E-state index contributed by atoms with van der Waals surface area (Å²) in [6, 6.07) is 3.51. The topological polar surface area (TPSA) is 69.7 Å². The fourth-order valence-electron chi connectivity index (χ4n) is 1.87. The molecule has 2 rings (SSSR count). The average Bonchev–Trinajstić information content (AvgIpc) is 2.59. The molecule has 0 aliphatic carbocycles. The lowest BCUT2D eigenvalue weighted by Gasteiger charge is -2.32. The lowest BCUT2D eigenvalue weighted by Crippen LogP contribution is -2.41. The van der Waals surface area contributed by atoms with Gasteiger partial charge in [0.1, 0.15) is 5.82 Å². The maximum Gasteiger partial charge on any atom is 0.496 e. The smallest absolute Gasteiger partial charge is 0.450 e. The van der Waals surface area contributed by atoms with Crippen molar-refractivity contribution in [3.05, 3.63) is 18.3 Å². The normalized spacial score (nSPS) is 19.4. The molecule has 6 nitrogen and oxygen atoms in total. The summed E-state index contributed by atoms with van der Waals surface area (Å²) in [7, 11) is -0.459. The van der Waals surface area contributed by atoms with Crippen LogP contribution in [0.1, 0.15) is 34.6 Å². The summed E-state index contributed by atoms with van der Waals surface area (Å²) >= 11 is 0. The van der Waals surface area contributed by atoms with E-state index < -0.39 is 13.2 Å². The summed E-state index contributed by atoms with van der Waals surface area (Å²) in [6.45, 7) is 10.1. The summed E-state index contributed by atoms with van der Waals surface area (Å²) < 4.78 is 16.7. The van der Waals surface area contributed by atoms with Crippen molar-refractivity contribution in [2.45, 2.75) is 45.8 Å². The van der Waals surface area contributed by atoms with E-state index in [2.05, 4.69) is 10.3 Å². The van der Waals surface area contributed by atoms with Crippen molar-refractivity contribution in [1.29, 1.82) is 0 Å². The molecular weight excluding hydrogens is 271 g/mol. The van der Waals surface area contributed by atoms with Crippen LogP contribution in [-0.2, 0) is 14.0 Å². The second-order valence-electron chi connectivity index (χ2n) is 5.91. The molecule has 0 bridgehead atoms. The molecule has 0 unspecified atom stereocenters. The molecule has 1 aromatic heterocycles. The Morgan fingerprint density at radius 2 is 1.90 bits per heavy atom. The van der Waals surface area contributed by atoms with E-state index in [1.54, 1.807) is 19.2 Å². The van der Waals surface area contributed by atoms with E-state index in [0.717, 1.165) is 5.46 Å². The van der Waals surface area contributed by atoms with Crippen LogP contribution in [0.4, 0.5) is 10.6 Å². The number of ether oxygens (including phenoxy) is 1. The number of pyridine rings is 1. The predicted octanol–water partition coefficient (Wildman–Crippen LogP) is 1.95. The number of anilines is 1. The second-order valence-corrected chi connectivity index (χ2v) is 5.91. The summed E-state index contributed by atoms with van der Waals surface area (Å²) in [6.07, 6.45) is 1.11. The largest absolute Gasteiger partial charge is 0.496 e. The number of rotatable bonds is 3. The molecule has 21 heavy (non-hydrogen) atoms. The fraction of sp³-hybridized carbons (Fsp3) is 0.571. The van der Waals surface area contributed by atoms with Crippen LogP contribution in [0.5, 0.6) is 0 Å². The van der Waals surface area contributed by atoms with Crippen molar-refractivity contribution in [2.75, 3.05) is 11.9 Å². The van der Waals surface area contributed by atoms with Crippen molar-refractivity contribution in [3.63, 3.8) is 0 Å². The van der Waals surface area contributed by atoms with Crippen molar-refractivity contribution in [1.82, 2.24) is 4.98 Å². The molecule has 1 aliphatic heterocycles. The Kier molecular flexibility index (Phi) is 4.25. The molecule has 0 atom stereocenters. The molecule has 1 aromatic rings. The third-order valence-corrected chi connectivity index (χ3v) is 3.82. The zero-order chi connectivity index (χ0) is 15.7. The Morgan fingerprint density at radius 1 is 1.29 bits per heavy atom. The maximum absolute atomic E-state index is 11.3. The number of hydrogen-bond donors (Lipinski definition) is 1. The minimum atomic E-state index is -0.520. The number of carbonyl (C=O) groups is 1. The predicted molar refractivity (Wildman–Crippen MR) is 80.6 cm³/mol. The van der Waals surface area contributed by atoms with Crippen LogP contribution in [-0.4, -0.2) is 36.0 Å². The Morgan fingerprint density at radius 3 is 2.38 bits per heavy atom. The monoisotopic (exact) mass is 292 g/mol. The first kappa shape index (κ1) is 15.8. The molecule has 1 fully saturated rings. The lowest BCUT2D eigenvalue weighted by atomic mass is 9.80. The quantitative estimate of drug-likeness (QED) is 0.862. The van der Waals surface area contributed by atoms with E-state index in [-0.39, 0.29) is 11.2 Å². The first-order valence-electron chi connectivity index (χ1n) is 7.00. The summed E-state index contributed by atoms with van der Waals surface area (Å²) in [5.41, 5.74) is 0.0297. The highest BCUT2D eigenvalue weighted by Gasteiger charge is 2.51. The van der Waals surface area contributed by atoms with Gasteiger partial charge in [-0.2, -0.15) is 0 Å². The average molecular weight is 292 g/mol. The SMILES string of the molecule is CCOC(=O)Nc1ccc(B2OC(C)(C)C(C)(C)O2)cn1. The summed E-state index contributed by atoms with van der Waals surface area (Å²) in [5.74, 6) is 0.425. The zero-order valence-corrected chi connectivity index (χ0v) is 13.1. The van der Waals surface area contributed by atoms with Crippen LogP contribution in [0, 0.1) is 0 Å². The molecule has 2 heterocycles. The molecule has 1 aliphatic rings. The van der Waals surface area contributed by atoms with Gasteiger partial charge in [-0.1, -0.05) is 6.07 Å². The number of nitrogens with one attached hydrogen (secondary N) is 1. The molecule has 0 radical (unpaired) electrons. The zero-order valence-electron chi connectivity index (χ0n) is 13.1. The van der Waals surface area contributed by atoms with Gasteiger partial charge in [-0.15, -0.1) is 0 Å². The lowest BCUT2D eigenvalue weighted by molar-refractivity contribution is 0.00578. The molecule has 1 saturated heterocycles. The Balaban J connectivity index is 2.05. The van der Waals surface area contributed by atoms with Gasteiger partial charge >= 0.3 is 13.2 Å². The van der Waals surface area contributed by atoms with Gasteiger partial charge in [-0.25, -0.2) is 9.78 Å². The van der Waals surface area contributed by atoms with Gasteiger partial charge in [0.25, 0.3) is 0 Å². The van der Waals surface area contributed by atoms with E-state index in [4.69, 9.17) is 14.0 Å². The maximum atomic E-state index is 11.3. The van der Waals surface area contributed by atoms with Gasteiger partial charge in [-0.05, 0) is 40.7 Å². The molecule has 1 N–H and O–H groups in total. The van der Waals surface area contributed by atoms with Crippen LogP contribution in [0.15, 0.2) is 18.3 Å². The minimum Gasteiger partial charge on any atom is -0.450 e. The van der Waals surface area contributed by atoms with E-state index in [1.165, 1.54) is 0 Å². The van der Waals surface area contributed by atoms with Crippen molar-refractivity contribution in [3.8, 4) is 0 Å². The van der Waals surface area contributed by atoms with Gasteiger partial charge in [-0.3, -0.25) is 5.32 Å². The third-order valence-electron chi connectivity index (χ3n) is 3.82. The Labute approximate surface area is 125 Å². The molecule has 0 saturated carbocycles. The van der Waals surface area contributed by atoms with Gasteiger partial charge < -0.3 is 14.0 Å². The number of amides is 1. The van der Waals surface area contributed by atoms with Gasteiger partial charge in [0.15, 0.2) is 0 Å². The number of carbonyl (C=O) groups excluding carboxylic acids is 1. The van der Waals surface area contributed by atoms with Crippen molar-refractivity contribution < 1.29 is 18.8 Å². The highest BCUT2D eigenvalue weighted by molar-refractivity contribution is 6.62. The molecule has 0 aromatic carbocycles. The number of hydrogen-bond acceptors (Lipinski definition) is 5. The fourth-order valence-corrected chi connectivity index (χ4v) is 1.87. The van der Waals surface area contributed by atoms with Crippen molar-refractivity contribution >= 4 is 24.5 Å². The van der Waals surface area contributed by atoms with Crippen LogP contribution in [0.25, 0.3) is 0 Å². The molecule has 7 heteroatoms. The molecule has 114 valence electrons. The first-order valence-corrected chi connectivity index (χ1v) is 7.00. The standard InChI is InChI=1S/C14H21BN2O4/c1-6-19-12(18)17-11-8-7-10(9-16-11)15-20-13(2,3)14(4,5)21-15/h7-9H,6H2,1-5H3,(H,16,17,18). The molecular formula is C14H21BN2O4. The molecule has 0 spiro atoms. The van der Waals surface area contributed by atoms with E-state index in [1.807, 2.05) is 33.8 Å². The molecule has 1 amide bonds. The van der Waals surface area contributed by atoms with Crippen LogP contribution in [0.2, 0.25) is 0 Å². The van der Waals surface area contributed by atoms with E-state index >= 15 is 0 Å². The van der Waals surface area contributed by atoms with Gasteiger partial charge in [0.05, 0.1) is 17.8 Å². The van der Waals surface area contributed by atoms with Crippen LogP contribution in [0.3, 0.4) is 0 Å². The first-order chi connectivity index (χ1) is 9.75. The Hall–Kier alpha value is -1.60. The minimum absolute atomic E-state index is 0.317. The van der Waals surface area contributed by atoms with Crippen molar-refractivity contribution in [2.24, 2.45) is 0 Å². The summed E-state index contributed by atoms with van der Waals surface area (Å²) in [4.78, 5) is 15.5. The number of aromatic nitrogens is 1. The third kappa shape index (κ3) is 3.36. The second kappa shape index (κ2) is 5.65. The van der Waals surface area contributed by atoms with Gasteiger partial charge in [0, 0.05) is 11.7 Å². The highest BCUT2D eigenvalue weighted by atomic mass is 16.7.